The maximum absolute atomic E-state index is 14.7. The zero-order chi connectivity index (χ0) is 51.1. The van der Waals surface area contributed by atoms with Crippen molar-refractivity contribution in [1.29, 1.82) is 0 Å². The van der Waals surface area contributed by atoms with Crippen LogP contribution in [0, 0.1) is 56.7 Å². The molecule has 5 aliphatic carbocycles. The van der Waals surface area contributed by atoms with Gasteiger partial charge in [-0.05, 0) is 122 Å². The summed E-state index contributed by atoms with van der Waals surface area (Å²) in [5.74, 6) is -1.55. The number of aromatic nitrogens is 3. The van der Waals surface area contributed by atoms with Crippen molar-refractivity contribution in [3.63, 3.8) is 0 Å². The highest BCUT2D eigenvalue weighted by atomic mass is 16.7. The van der Waals surface area contributed by atoms with Crippen LogP contribution in [-0.4, -0.2) is 99.2 Å². The Labute approximate surface area is 413 Å². The Morgan fingerprint density at radius 1 is 0.786 bits per heavy atom. The number of hydrogen-bond acceptors (Lipinski definition) is 15. The molecule has 0 spiro atoms. The Kier molecular flexibility index (Phi) is 15.7. The molecular formula is C53H80N4O13. The van der Waals surface area contributed by atoms with Crippen LogP contribution in [0.5, 0.6) is 0 Å². The predicted octanol–water partition coefficient (Wildman–Crippen LogP) is 7.10. The predicted molar refractivity (Wildman–Crippen MR) is 253 cm³/mol. The maximum Gasteiger partial charge on any atom is 0.313 e. The van der Waals surface area contributed by atoms with E-state index in [0.29, 0.717) is 55.2 Å². The number of nitrogens with zero attached hydrogens (tertiary/aromatic N) is 3. The van der Waals surface area contributed by atoms with Crippen molar-refractivity contribution in [3.05, 3.63) is 23.5 Å². The van der Waals surface area contributed by atoms with Gasteiger partial charge in [-0.1, -0.05) is 71.7 Å². The van der Waals surface area contributed by atoms with Crippen LogP contribution in [0.25, 0.3) is 0 Å². The number of allylic oxidation sites excluding steroid dienone is 2. The third-order valence-electron chi connectivity index (χ3n) is 18.9. The van der Waals surface area contributed by atoms with Crippen molar-refractivity contribution in [2.24, 2.45) is 56.7 Å². The first kappa shape index (κ1) is 53.4. The summed E-state index contributed by atoms with van der Waals surface area (Å²) in [7, 11) is 0. The average Bonchev–Trinajstić information content (AvgIpc) is 3.74. The van der Waals surface area contributed by atoms with E-state index in [1.807, 2.05) is 0 Å². The van der Waals surface area contributed by atoms with Crippen LogP contribution in [0.15, 0.2) is 17.8 Å². The molecule has 2 heterocycles. The van der Waals surface area contributed by atoms with Crippen LogP contribution in [0.1, 0.15) is 165 Å². The van der Waals surface area contributed by atoms with E-state index in [2.05, 4.69) is 70.2 Å². The van der Waals surface area contributed by atoms with Gasteiger partial charge in [-0.3, -0.25) is 33.4 Å². The summed E-state index contributed by atoms with van der Waals surface area (Å²) >= 11 is 0. The summed E-state index contributed by atoms with van der Waals surface area (Å²) in [6.07, 6.45) is 8.16. The molecule has 4 saturated carbocycles. The first-order chi connectivity index (χ1) is 32.9. The van der Waals surface area contributed by atoms with Gasteiger partial charge in [-0.25, -0.2) is 0 Å². The van der Waals surface area contributed by atoms with Gasteiger partial charge in [0.25, 0.3) is 0 Å². The molecule has 1 aromatic heterocycles. The first-order valence-electron chi connectivity index (χ1n) is 25.9. The lowest BCUT2D eigenvalue weighted by Crippen LogP contribution is -2.66. The summed E-state index contributed by atoms with van der Waals surface area (Å²) in [5.41, 5.74) is 1.58. The molecule has 0 aromatic carbocycles. The van der Waals surface area contributed by atoms with Gasteiger partial charge in [-0.2, -0.15) is 0 Å². The number of amides is 1. The molecule has 17 heteroatoms. The van der Waals surface area contributed by atoms with Crippen molar-refractivity contribution in [2.75, 3.05) is 6.61 Å². The zero-order valence-corrected chi connectivity index (χ0v) is 43.5. The van der Waals surface area contributed by atoms with Crippen molar-refractivity contribution in [1.82, 2.24) is 20.3 Å². The maximum atomic E-state index is 14.7. The van der Waals surface area contributed by atoms with E-state index in [-0.39, 0.29) is 52.7 Å². The molecule has 1 aromatic rings. The minimum atomic E-state index is -1.39. The highest BCUT2D eigenvalue weighted by Gasteiger charge is 2.70. The summed E-state index contributed by atoms with van der Waals surface area (Å²) in [6, 6.07) is 0. The highest BCUT2D eigenvalue weighted by Crippen LogP contribution is 2.76. The number of aliphatic hydroxyl groups is 1. The number of nitrogens with one attached hydrogen (secondary N) is 1. The van der Waals surface area contributed by atoms with Gasteiger partial charge in [0.2, 0.25) is 5.91 Å². The molecule has 1 saturated heterocycles. The number of carbonyl (C=O) groups excluding carboxylic acids is 6. The average molecular weight is 981 g/mol. The Balaban J connectivity index is 0.942. The fraction of sp³-hybridized carbons (Fsp3) is 0.811. The van der Waals surface area contributed by atoms with Crippen LogP contribution in [0.4, 0.5) is 0 Å². The van der Waals surface area contributed by atoms with E-state index in [1.54, 1.807) is 10.9 Å². The lowest BCUT2D eigenvalue weighted by atomic mass is 9.33. The fourth-order valence-electron chi connectivity index (χ4n) is 14.9. The van der Waals surface area contributed by atoms with Crippen molar-refractivity contribution >= 4 is 35.8 Å². The van der Waals surface area contributed by atoms with Gasteiger partial charge in [-0.15, -0.1) is 5.10 Å². The number of ether oxygens (including phenoxy) is 6. The number of aliphatic hydroxyl groups excluding tert-OH is 1. The van der Waals surface area contributed by atoms with E-state index in [4.69, 9.17) is 28.4 Å². The minimum Gasteiger partial charge on any atom is -0.463 e. The molecule has 1 amide bonds. The number of carbonyl (C=O) groups is 6. The Morgan fingerprint density at radius 3 is 2.16 bits per heavy atom. The van der Waals surface area contributed by atoms with E-state index < -0.39 is 72.5 Å². The molecule has 0 unspecified atom stereocenters. The fourth-order valence-corrected chi connectivity index (χ4v) is 14.9. The van der Waals surface area contributed by atoms with Crippen LogP contribution >= 0.6 is 0 Å². The van der Waals surface area contributed by atoms with Gasteiger partial charge in [0, 0.05) is 40.7 Å². The second kappa shape index (κ2) is 20.6. The van der Waals surface area contributed by atoms with E-state index in [1.165, 1.54) is 12.5 Å². The van der Waals surface area contributed by atoms with Gasteiger partial charge in [0.05, 0.1) is 17.7 Å². The van der Waals surface area contributed by atoms with Gasteiger partial charge >= 0.3 is 29.8 Å². The topological polar surface area (TPSA) is 221 Å². The van der Waals surface area contributed by atoms with E-state index in [9.17, 15) is 33.9 Å². The van der Waals surface area contributed by atoms with Crippen LogP contribution in [-0.2, 0) is 70.3 Å². The quantitative estimate of drug-likeness (QED) is 0.0775. The Morgan fingerprint density at radius 2 is 1.47 bits per heavy atom. The van der Waals surface area contributed by atoms with Crippen molar-refractivity contribution < 1.29 is 62.3 Å². The summed E-state index contributed by atoms with van der Waals surface area (Å²) < 4.78 is 35.4. The summed E-state index contributed by atoms with van der Waals surface area (Å²) in [5, 5.41) is 22.5. The molecule has 6 aliphatic rings. The molecule has 0 radical (unpaired) electrons. The molecule has 2 N–H and O–H groups in total. The van der Waals surface area contributed by atoms with Gasteiger partial charge in [0.15, 0.2) is 24.5 Å². The van der Waals surface area contributed by atoms with Gasteiger partial charge in [0.1, 0.15) is 25.0 Å². The summed E-state index contributed by atoms with van der Waals surface area (Å²) in [6.45, 7) is 21.7. The lowest BCUT2D eigenvalue weighted by Gasteiger charge is -2.71. The SMILES string of the molecule is CC(=O)OC[C@H]1O[C@@H](NC(=O)CCCCCn2cc(COC(=O)[C@]34CC[C@@H](C)[C@H](C)[C@H]3C3=CC[C@@H]5[C@@]6(C)CC[C@H](O)C(C)(C)[C@@H]6CC[C@@]5(C)[C@]3(C)CC4)nn2)[C@H](OC(C)=O)[C@@H](OC(C)=O)[C@@H]1OC(C)=O. The molecule has 70 heavy (non-hydrogen) atoms. The number of fused-ring (bicyclic) bond motifs is 7. The second-order valence-electron chi connectivity index (χ2n) is 23.2. The van der Waals surface area contributed by atoms with Crippen LogP contribution < -0.4 is 5.32 Å². The lowest BCUT2D eigenvalue weighted by molar-refractivity contribution is -0.257. The van der Waals surface area contributed by atoms with Gasteiger partial charge < -0.3 is 38.8 Å². The molecule has 390 valence electrons. The molecule has 1 aliphatic heterocycles. The van der Waals surface area contributed by atoms with E-state index in [0.717, 1.165) is 78.6 Å². The Hall–Kier alpha value is -4.38. The smallest absolute Gasteiger partial charge is 0.313 e. The first-order valence-corrected chi connectivity index (χ1v) is 25.9. The number of unbranched alkanes of at least 4 members (excludes halogenated alkanes) is 2. The molecule has 7 rings (SSSR count). The molecule has 17 nitrogen and oxygen atoms in total. The normalized spacial score (nSPS) is 38.5. The zero-order valence-electron chi connectivity index (χ0n) is 43.5. The largest absolute Gasteiger partial charge is 0.463 e. The monoisotopic (exact) mass is 981 g/mol. The third-order valence-corrected chi connectivity index (χ3v) is 18.9. The molecule has 5 fully saturated rings. The van der Waals surface area contributed by atoms with E-state index >= 15 is 0 Å². The number of hydrogen-bond donors (Lipinski definition) is 2. The van der Waals surface area contributed by atoms with Crippen LogP contribution in [0.2, 0.25) is 0 Å². The Bertz CT molecular complexity index is 2170. The second-order valence-corrected chi connectivity index (χ2v) is 23.2. The number of esters is 5. The minimum absolute atomic E-state index is 0.0288. The van der Waals surface area contributed by atoms with Crippen molar-refractivity contribution in [3.8, 4) is 0 Å². The molecule has 15 atom stereocenters. The molecular weight excluding hydrogens is 901 g/mol. The number of rotatable bonds is 15. The third kappa shape index (κ3) is 10.0. The standard InChI is InChI=1S/C53H80N4O13/c1-30-18-23-53(25-24-51(10)37(43(53)31(30)2)16-17-40-50(9)21-20-41(62)49(7,8)39(50)19-22-52(40,51)11)48(64)66-28-36-27-57(56-55-36)26-14-12-13-15-42(63)54-47-46(69-35(6)61)45(68-34(5)60)44(67-33(4)59)38(70-47)29-65-32(3)58/h16,27,30-31,38-41,43-47,62H,12-15,17-26,28-29H2,1-11H3,(H,54,63)/t30-,31+,38-,39+,40-,41+,43+,44-,45+,46-,47-,50+,51-,52-,53+/m1/s1. The molecule has 0 bridgehead atoms. The van der Waals surface area contributed by atoms with Crippen LogP contribution in [0.3, 0.4) is 0 Å². The number of aryl methyl sites for hydroxylation is 1. The summed E-state index contributed by atoms with van der Waals surface area (Å²) in [4.78, 5) is 76.0. The highest BCUT2D eigenvalue weighted by molar-refractivity contribution is 5.79. The van der Waals surface area contributed by atoms with Crippen molar-refractivity contribution in [2.45, 2.75) is 210 Å².